The van der Waals surface area contributed by atoms with E-state index in [0.717, 1.165) is 5.56 Å². The van der Waals surface area contributed by atoms with Gasteiger partial charge in [-0.3, -0.25) is 14.9 Å². The number of imidazole rings is 1. The van der Waals surface area contributed by atoms with E-state index in [9.17, 15) is 14.9 Å². The van der Waals surface area contributed by atoms with Crippen LogP contribution in [0.15, 0.2) is 41.2 Å². The minimum Gasteiger partial charge on any atom is -0.493 e. The Morgan fingerprint density at radius 1 is 1.15 bits per heavy atom. The predicted octanol–water partition coefficient (Wildman–Crippen LogP) is 2.38. The number of methoxy groups -OCH3 is 2. The molecule has 0 aliphatic carbocycles. The van der Waals surface area contributed by atoms with Crippen LogP contribution in [0.4, 0.5) is 5.69 Å². The molecule has 0 saturated carbocycles. The zero-order valence-electron chi connectivity index (χ0n) is 14.3. The molecular weight excluding hydrogens is 370 g/mol. The van der Waals surface area contributed by atoms with Crippen LogP contribution >= 0.6 is 11.3 Å². The molecule has 2 aromatic heterocycles. The number of fused-ring (bicyclic) bond motifs is 3. The van der Waals surface area contributed by atoms with Crippen LogP contribution in [0.2, 0.25) is 0 Å². The fourth-order valence-corrected chi connectivity index (χ4v) is 3.84. The molecule has 0 N–H and O–H groups in total. The Hall–Kier alpha value is -3.46. The summed E-state index contributed by atoms with van der Waals surface area (Å²) in [6.07, 6.45) is 1.73. The van der Waals surface area contributed by atoms with Crippen molar-refractivity contribution in [3.05, 3.63) is 67.0 Å². The van der Waals surface area contributed by atoms with Crippen LogP contribution in [0.1, 0.15) is 5.56 Å². The van der Waals surface area contributed by atoms with E-state index in [2.05, 4.69) is 4.98 Å². The van der Waals surface area contributed by atoms with Gasteiger partial charge in [-0.05, 0) is 29.8 Å². The molecule has 0 aliphatic rings. The molecule has 0 aliphatic heterocycles. The third kappa shape index (κ3) is 2.77. The lowest BCUT2D eigenvalue weighted by Crippen LogP contribution is -2.22. The fourth-order valence-electron chi connectivity index (χ4n) is 2.86. The molecule has 0 atom stereocenters. The minimum atomic E-state index is -0.494. The predicted molar refractivity (Wildman–Crippen MR) is 102 cm³/mol. The lowest BCUT2D eigenvalue weighted by atomic mass is 10.2. The summed E-state index contributed by atoms with van der Waals surface area (Å²) in [5.74, 6) is 1.15. The van der Waals surface area contributed by atoms with Crippen molar-refractivity contribution in [2.45, 2.75) is 0 Å². The lowest BCUT2D eigenvalue weighted by Gasteiger charge is -2.07. The maximum Gasteiger partial charge on any atom is 0.274 e. The van der Waals surface area contributed by atoms with Crippen LogP contribution < -0.4 is 19.6 Å². The lowest BCUT2D eigenvalue weighted by molar-refractivity contribution is -0.384. The van der Waals surface area contributed by atoms with Crippen molar-refractivity contribution in [3.63, 3.8) is 0 Å². The summed E-state index contributed by atoms with van der Waals surface area (Å²) in [5, 5.41) is 11.0. The summed E-state index contributed by atoms with van der Waals surface area (Å²) in [7, 11) is 3.09. The third-order valence-electron chi connectivity index (χ3n) is 4.14. The Balaban J connectivity index is 1.92. The average molecular weight is 383 g/mol. The molecule has 8 nitrogen and oxygen atoms in total. The summed E-state index contributed by atoms with van der Waals surface area (Å²) in [6, 6.07) is 9.62. The topological polar surface area (TPSA) is 96.0 Å². The van der Waals surface area contributed by atoms with Crippen LogP contribution in [0.25, 0.3) is 22.1 Å². The van der Waals surface area contributed by atoms with Crippen molar-refractivity contribution >= 4 is 39.1 Å². The molecule has 136 valence electrons. The molecule has 0 amide bonds. The smallest absolute Gasteiger partial charge is 0.274 e. The third-order valence-corrected chi connectivity index (χ3v) is 5.11. The fraction of sp³-hybridized carbons (Fsp3) is 0.111. The van der Waals surface area contributed by atoms with Crippen molar-refractivity contribution in [1.29, 1.82) is 0 Å². The Bertz CT molecular complexity index is 1310. The SMILES string of the molecule is COc1ccc(/C=c2/sc3nc4ccc([N+](=O)[O-])cc4n3c2=O)cc1OC. The van der Waals surface area contributed by atoms with Gasteiger partial charge < -0.3 is 9.47 Å². The van der Waals surface area contributed by atoms with Crippen molar-refractivity contribution in [3.8, 4) is 11.5 Å². The van der Waals surface area contributed by atoms with Crippen LogP contribution in [0.5, 0.6) is 11.5 Å². The van der Waals surface area contributed by atoms with Gasteiger partial charge in [0.2, 0.25) is 0 Å². The normalized spacial score (nSPS) is 12.0. The molecule has 0 spiro atoms. The highest BCUT2D eigenvalue weighted by Gasteiger charge is 2.15. The van der Waals surface area contributed by atoms with E-state index in [1.807, 2.05) is 6.07 Å². The Morgan fingerprint density at radius 2 is 1.93 bits per heavy atom. The molecule has 27 heavy (non-hydrogen) atoms. The first-order valence-corrected chi connectivity index (χ1v) is 8.66. The van der Waals surface area contributed by atoms with Crippen molar-refractivity contribution in [2.24, 2.45) is 0 Å². The Kier molecular flexibility index (Phi) is 4.00. The van der Waals surface area contributed by atoms with E-state index in [1.54, 1.807) is 38.5 Å². The molecule has 2 heterocycles. The van der Waals surface area contributed by atoms with E-state index >= 15 is 0 Å². The molecule has 2 aromatic carbocycles. The van der Waals surface area contributed by atoms with Gasteiger partial charge in [-0.15, -0.1) is 0 Å². The van der Waals surface area contributed by atoms with Gasteiger partial charge in [0.15, 0.2) is 16.5 Å². The zero-order valence-corrected chi connectivity index (χ0v) is 15.1. The first-order valence-electron chi connectivity index (χ1n) is 7.85. The highest BCUT2D eigenvalue weighted by Crippen LogP contribution is 2.28. The maximum absolute atomic E-state index is 12.8. The monoisotopic (exact) mass is 383 g/mol. The number of nitro benzene ring substituents is 1. The molecule has 4 rings (SSSR count). The number of hydrogen-bond acceptors (Lipinski definition) is 7. The number of rotatable bonds is 4. The summed E-state index contributed by atoms with van der Waals surface area (Å²) in [6.45, 7) is 0. The molecular formula is C18H13N3O5S. The van der Waals surface area contributed by atoms with Gasteiger partial charge in [0.1, 0.15) is 0 Å². The second kappa shape index (κ2) is 6.36. The number of aromatic nitrogens is 2. The summed E-state index contributed by atoms with van der Waals surface area (Å²) in [5.41, 5.74) is 1.38. The van der Waals surface area contributed by atoms with Gasteiger partial charge in [-0.25, -0.2) is 9.38 Å². The maximum atomic E-state index is 12.8. The summed E-state index contributed by atoms with van der Waals surface area (Å²) >= 11 is 1.22. The van der Waals surface area contributed by atoms with Crippen molar-refractivity contribution in [2.75, 3.05) is 14.2 Å². The number of benzene rings is 2. The summed E-state index contributed by atoms with van der Waals surface area (Å²) in [4.78, 5) is 28.3. The van der Waals surface area contributed by atoms with E-state index in [-0.39, 0.29) is 11.2 Å². The van der Waals surface area contributed by atoms with Crippen LogP contribution in [0, 0.1) is 10.1 Å². The van der Waals surface area contributed by atoms with Crippen molar-refractivity contribution in [1.82, 2.24) is 9.38 Å². The number of hydrogen-bond donors (Lipinski definition) is 0. The van der Waals surface area contributed by atoms with Gasteiger partial charge in [-0.2, -0.15) is 0 Å². The number of thiazole rings is 1. The highest BCUT2D eigenvalue weighted by molar-refractivity contribution is 7.15. The summed E-state index contributed by atoms with van der Waals surface area (Å²) < 4.78 is 12.4. The van der Waals surface area contributed by atoms with Crippen LogP contribution in [-0.2, 0) is 0 Å². The number of nitro groups is 1. The number of non-ortho nitro benzene ring substituents is 1. The molecule has 0 unspecified atom stereocenters. The zero-order chi connectivity index (χ0) is 19.1. The van der Waals surface area contributed by atoms with Gasteiger partial charge in [0.05, 0.1) is 34.7 Å². The molecule has 0 radical (unpaired) electrons. The van der Waals surface area contributed by atoms with E-state index in [0.29, 0.717) is 32.0 Å². The van der Waals surface area contributed by atoms with E-state index in [4.69, 9.17) is 9.47 Å². The van der Waals surface area contributed by atoms with Gasteiger partial charge >= 0.3 is 0 Å². The first kappa shape index (κ1) is 17.0. The van der Waals surface area contributed by atoms with Gasteiger partial charge in [0.25, 0.3) is 11.2 Å². The standard InChI is InChI=1S/C18H13N3O5S/c1-25-14-6-3-10(7-15(14)26-2)8-16-17(22)20-13-9-11(21(23)24)4-5-12(13)19-18(20)27-16/h3-9H,1-2H3/b16-8+. The van der Waals surface area contributed by atoms with Crippen LogP contribution in [-0.4, -0.2) is 28.5 Å². The first-order chi connectivity index (χ1) is 13.0. The molecule has 4 aromatic rings. The Labute approximate surface area is 156 Å². The van der Waals surface area contributed by atoms with Crippen molar-refractivity contribution < 1.29 is 14.4 Å². The van der Waals surface area contributed by atoms with Crippen LogP contribution in [0.3, 0.4) is 0 Å². The molecule has 0 saturated heterocycles. The largest absolute Gasteiger partial charge is 0.493 e. The second-order valence-corrected chi connectivity index (χ2v) is 6.70. The second-order valence-electron chi connectivity index (χ2n) is 5.69. The molecule has 0 bridgehead atoms. The minimum absolute atomic E-state index is 0.0830. The highest BCUT2D eigenvalue weighted by atomic mass is 32.1. The molecule has 0 fully saturated rings. The molecule has 9 heteroatoms. The van der Waals surface area contributed by atoms with E-state index < -0.39 is 4.92 Å². The van der Waals surface area contributed by atoms with Gasteiger partial charge in [-0.1, -0.05) is 17.4 Å². The Morgan fingerprint density at radius 3 is 2.63 bits per heavy atom. The van der Waals surface area contributed by atoms with Gasteiger partial charge in [0, 0.05) is 12.1 Å². The number of nitrogens with zero attached hydrogens (tertiary/aromatic N) is 3. The average Bonchev–Trinajstić information content (AvgIpc) is 3.17. The van der Waals surface area contributed by atoms with E-state index in [1.165, 1.54) is 27.9 Å². The quantitative estimate of drug-likeness (QED) is 0.397. The number of ether oxygens (including phenoxy) is 2.